The van der Waals surface area contributed by atoms with Crippen LogP contribution in [-0.4, -0.2) is 20.0 Å². The van der Waals surface area contributed by atoms with Crippen molar-refractivity contribution in [3.8, 4) is 5.75 Å². The van der Waals surface area contributed by atoms with Crippen molar-refractivity contribution in [2.45, 2.75) is 52.8 Å². The van der Waals surface area contributed by atoms with Crippen molar-refractivity contribution in [1.29, 1.82) is 0 Å². The number of benzene rings is 1. The van der Waals surface area contributed by atoms with Crippen LogP contribution in [0, 0.1) is 13.8 Å². The summed E-state index contributed by atoms with van der Waals surface area (Å²) in [6.07, 6.45) is 3.94. The van der Waals surface area contributed by atoms with Gasteiger partial charge in [-0.2, -0.15) is 0 Å². The fourth-order valence-electron chi connectivity index (χ4n) is 1.77. The standard InChI is InChI=1S/C17H28O2Si/c1-13-11-14(2)16(18)15(12-13)9-8-10-19-20(6,7)17(3,4)5/h8-9,11-12,18H,10H2,1-7H3/b9-8-. The van der Waals surface area contributed by atoms with Crippen molar-refractivity contribution < 1.29 is 9.53 Å². The predicted octanol–water partition coefficient (Wildman–Crippen LogP) is 5.04. The Labute approximate surface area is 124 Å². The lowest BCUT2D eigenvalue weighted by atomic mass is 10.1. The van der Waals surface area contributed by atoms with Gasteiger partial charge >= 0.3 is 0 Å². The van der Waals surface area contributed by atoms with Gasteiger partial charge in [-0.15, -0.1) is 0 Å². The molecule has 20 heavy (non-hydrogen) atoms. The van der Waals surface area contributed by atoms with Crippen LogP contribution in [-0.2, 0) is 4.43 Å². The molecule has 0 fully saturated rings. The number of phenolic OH excluding ortho intramolecular Hbond substituents is 1. The van der Waals surface area contributed by atoms with E-state index >= 15 is 0 Å². The maximum absolute atomic E-state index is 10.0. The first-order chi connectivity index (χ1) is 9.04. The molecule has 0 aromatic heterocycles. The van der Waals surface area contributed by atoms with Crippen LogP contribution in [0.2, 0.25) is 18.1 Å². The minimum Gasteiger partial charge on any atom is -0.507 e. The van der Waals surface area contributed by atoms with Gasteiger partial charge in [-0.1, -0.05) is 44.6 Å². The van der Waals surface area contributed by atoms with Gasteiger partial charge in [0, 0.05) is 5.56 Å². The number of rotatable bonds is 4. The third-order valence-corrected chi connectivity index (χ3v) is 8.62. The molecule has 1 aromatic rings. The van der Waals surface area contributed by atoms with Crippen LogP contribution in [0.5, 0.6) is 5.75 Å². The number of aryl methyl sites for hydroxylation is 2. The first-order valence-corrected chi connectivity index (χ1v) is 10.1. The van der Waals surface area contributed by atoms with E-state index in [0.29, 0.717) is 12.4 Å². The first-order valence-electron chi connectivity index (χ1n) is 7.15. The Balaban J connectivity index is 2.72. The molecule has 0 atom stereocenters. The molecule has 3 heteroatoms. The summed E-state index contributed by atoms with van der Waals surface area (Å²) >= 11 is 0. The van der Waals surface area contributed by atoms with Crippen LogP contribution < -0.4 is 0 Å². The number of hydrogen-bond donors (Lipinski definition) is 1. The smallest absolute Gasteiger partial charge is 0.192 e. The van der Waals surface area contributed by atoms with E-state index in [9.17, 15) is 5.11 Å². The van der Waals surface area contributed by atoms with Crippen LogP contribution in [0.1, 0.15) is 37.5 Å². The molecule has 0 aliphatic carbocycles. The molecule has 0 saturated heterocycles. The molecule has 1 aromatic carbocycles. The van der Waals surface area contributed by atoms with Crippen LogP contribution in [0.15, 0.2) is 18.2 Å². The zero-order valence-corrected chi connectivity index (χ0v) is 14.9. The van der Waals surface area contributed by atoms with Crippen LogP contribution in [0.3, 0.4) is 0 Å². The van der Waals surface area contributed by atoms with Gasteiger partial charge < -0.3 is 9.53 Å². The summed E-state index contributed by atoms with van der Waals surface area (Å²) in [6.45, 7) is 15.8. The second-order valence-electron chi connectivity index (χ2n) is 6.99. The van der Waals surface area contributed by atoms with E-state index in [4.69, 9.17) is 4.43 Å². The molecular weight excluding hydrogens is 264 g/mol. The second kappa shape index (κ2) is 6.14. The predicted molar refractivity (Wildman–Crippen MR) is 89.8 cm³/mol. The fourth-order valence-corrected chi connectivity index (χ4v) is 2.71. The molecule has 2 nitrogen and oxygen atoms in total. The lowest BCUT2D eigenvalue weighted by Crippen LogP contribution is -2.40. The zero-order chi connectivity index (χ0) is 15.6. The molecule has 0 radical (unpaired) electrons. The number of aromatic hydroxyl groups is 1. The summed E-state index contributed by atoms with van der Waals surface area (Å²) in [7, 11) is -1.69. The van der Waals surface area contributed by atoms with E-state index in [-0.39, 0.29) is 5.04 Å². The van der Waals surface area contributed by atoms with Crippen molar-refractivity contribution in [1.82, 2.24) is 0 Å². The van der Waals surface area contributed by atoms with Gasteiger partial charge in [0.2, 0.25) is 0 Å². The molecule has 0 bridgehead atoms. The summed E-state index contributed by atoms with van der Waals surface area (Å²) in [6, 6.07) is 3.98. The third-order valence-electron chi connectivity index (χ3n) is 4.12. The van der Waals surface area contributed by atoms with Gasteiger partial charge in [-0.25, -0.2) is 0 Å². The molecule has 0 spiro atoms. The molecule has 0 aliphatic heterocycles. The largest absolute Gasteiger partial charge is 0.507 e. The Hall–Kier alpha value is -1.06. The van der Waals surface area contributed by atoms with Crippen molar-refractivity contribution >= 4 is 14.4 Å². The Morgan fingerprint density at radius 2 is 1.80 bits per heavy atom. The average molecular weight is 292 g/mol. The topological polar surface area (TPSA) is 29.5 Å². The maximum Gasteiger partial charge on any atom is 0.192 e. The van der Waals surface area contributed by atoms with E-state index < -0.39 is 8.32 Å². The van der Waals surface area contributed by atoms with Crippen molar-refractivity contribution in [3.63, 3.8) is 0 Å². The summed E-state index contributed by atoms with van der Waals surface area (Å²) in [5.41, 5.74) is 2.93. The van der Waals surface area contributed by atoms with Gasteiger partial charge in [0.05, 0.1) is 6.61 Å². The summed E-state index contributed by atoms with van der Waals surface area (Å²) in [4.78, 5) is 0. The summed E-state index contributed by atoms with van der Waals surface area (Å²) in [5, 5.41) is 10.3. The van der Waals surface area contributed by atoms with Crippen LogP contribution in [0.4, 0.5) is 0 Å². The quantitative estimate of drug-likeness (QED) is 0.787. The highest BCUT2D eigenvalue weighted by Gasteiger charge is 2.36. The van der Waals surface area contributed by atoms with E-state index in [1.54, 1.807) is 0 Å². The molecular formula is C17H28O2Si. The molecule has 0 heterocycles. The fraction of sp³-hybridized carbons (Fsp3) is 0.529. The molecule has 0 aliphatic rings. The number of hydrogen-bond acceptors (Lipinski definition) is 2. The van der Waals surface area contributed by atoms with Gasteiger partial charge in [-0.3, -0.25) is 0 Å². The maximum atomic E-state index is 10.0. The van der Waals surface area contributed by atoms with Gasteiger partial charge in [0.1, 0.15) is 5.75 Å². The molecule has 112 valence electrons. The van der Waals surface area contributed by atoms with E-state index in [1.165, 1.54) is 0 Å². The first kappa shape index (κ1) is 17.0. The zero-order valence-electron chi connectivity index (χ0n) is 13.9. The van der Waals surface area contributed by atoms with E-state index in [0.717, 1.165) is 16.7 Å². The third kappa shape index (κ3) is 4.22. The van der Waals surface area contributed by atoms with Crippen LogP contribution in [0.25, 0.3) is 6.08 Å². The molecule has 1 rings (SSSR count). The number of phenols is 1. The summed E-state index contributed by atoms with van der Waals surface area (Å²) < 4.78 is 6.09. The molecule has 1 N–H and O–H groups in total. The van der Waals surface area contributed by atoms with Crippen molar-refractivity contribution in [2.75, 3.05) is 6.61 Å². The Morgan fingerprint density at radius 1 is 1.20 bits per heavy atom. The van der Waals surface area contributed by atoms with Gasteiger partial charge in [0.25, 0.3) is 0 Å². The highest BCUT2D eigenvalue weighted by molar-refractivity contribution is 6.74. The molecule has 0 unspecified atom stereocenters. The minimum absolute atomic E-state index is 0.225. The Morgan fingerprint density at radius 3 is 2.35 bits per heavy atom. The molecule has 0 amide bonds. The highest BCUT2D eigenvalue weighted by atomic mass is 28.4. The SMILES string of the molecule is Cc1cc(C)c(O)c(/C=C\CO[Si](C)(C)C(C)(C)C)c1. The Kier molecular flexibility index (Phi) is 5.22. The van der Waals surface area contributed by atoms with Gasteiger partial charge in [-0.05, 0) is 43.6 Å². The Bertz CT molecular complexity index is 496. The second-order valence-corrected chi connectivity index (χ2v) is 11.8. The monoisotopic (exact) mass is 292 g/mol. The van der Waals surface area contributed by atoms with Crippen molar-refractivity contribution in [2.24, 2.45) is 0 Å². The lowest BCUT2D eigenvalue weighted by molar-refractivity contribution is 0.328. The lowest BCUT2D eigenvalue weighted by Gasteiger charge is -2.35. The highest BCUT2D eigenvalue weighted by Crippen LogP contribution is 2.36. The summed E-state index contributed by atoms with van der Waals surface area (Å²) in [5.74, 6) is 0.360. The van der Waals surface area contributed by atoms with Crippen molar-refractivity contribution in [3.05, 3.63) is 34.9 Å². The van der Waals surface area contributed by atoms with Crippen LogP contribution >= 0.6 is 0 Å². The van der Waals surface area contributed by atoms with Gasteiger partial charge in [0.15, 0.2) is 8.32 Å². The van der Waals surface area contributed by atoms with E-state index in [2.05, 4.69) is 33.9 Å². The normalized spacial score (nSPS) is 13.2. The molecule has 0 saturated carbocycles. The minimum atomic E-state index is -1.69. The van der Waals surface area contributed by atoms with E-state index in [1.807, 2.05) is 38.1 Å². The average Bonchev–Trinajstić information content (AvgIpc) is 2.29.